The van der Waals surface area contributed by atoms with Crippen molar-refractivity contribution in [2.45, 2.75) is 0 Å². The maximum absolute atomic E-state index is 10.9. The third-order valence-corrected chi connectivity index (χ3v) is 3.45. The zero-order chi connectivity index (χ0) is 15.9. The SMILES string of the molecule is C=CCN(CC=C)OP(O)(=S)Oc1ccccc1[N+](=O)[O-]. The molecule has 1 rings (SSSR count). The minimum atomic E-state index is -3.74. The van der Waals surface area contributed by atoms with Gasteiger partial charge in [0.1, 0.15) is 0 Å². The Kier molecular flexibility index (Phi) is 6.67. The first-order chi connectivity index (χ1) is 9.89. The van der Waals surface area contributed by atoms with Crippen LogP contribution in [-0.2, 0) is 16.4 Å². The highest BCUT2D eigenvalue weighted by Crippen LogP contribution is 2.47. The van der Waals surface area contributed by atoms with Gasteiger partial charge in [0.15, 0.2) is 0 Å². The van der Waals surface area contributed by atoms with Gasteiger partial charge in [0.25, 0.3) is 0 Å². The number of nitrogens with zero attached hydrogens (tertiary/aromatic N) is 2. The molecule has 0 heterocycles. The van der Waals surface area contributed by atoms with Crippen molar-refractivity contribution in [3.05, 3.63) is 59.7 Å². The minimum Gasteiger partial charge on any atom is -0.416 e. The van der Waals surface area contributed by atoms with Crippen LogP contribution in [0.5, 0.6) is 5.75 Å². The summed E-state index contributed by atoms with van der Waals surface area (Å²) in [5.41, 5.74) is -0.302. The number of rotatable bonds is 9. The fourth-order valence-corrected chi connectivity index (χ4v) is 2.79. The lowest BCUT2D eigenvalue weighted by Gasteiger charge is -2.23. The van der Waals surface area contributed by atoms with E-state index in [0.717, 1.165) is 0 Å². The summed E-state index contributed by atoms with van der Waals surface area (Å²) in [5.74, 6) is -0.148. The average molecular weight is 330 g/mol. The number of nitro groups is 1. The summed E-state index contributed by atoms with van der Waals surface area (Å²) in [4.78, 5) is 20.3. The Bertz CT molecular complexity index is 571. The van der Waals surface area contributed by atoms with Gasteiger partial charge >= 0.3 is 12.4 Å². The molecule has 0 saturated carbocycles. The molecule has 9 heteroatoms. The van der Waals surface area contributed by atoms with Crippen LogP contribution in [0.1, 0.15) is 0 Å². The summed E-state index contributed by atoms with van der Waals surface area (Å²) in [5, 5.41) is 12.2. The second-order valence-corrected chi connectivity index (χ2v) is 6.46. The Balaban J connectivity index is 2.89. The Morgan fingerprint density at radius 1 is 1.38 bits per heavy atom. The van der Waals surface area contributed by atoms with E-state index in [4.69, 9.17) is 21.0 Å². The van der Waals surface area contributed by atoms with Gasteiger partial charge in [-0.3, -0.25) is 10.1 Å². The smallest absolute Gasteiger partial charge is 0.395 e. The molecule has 0 aliphatic heterocycles. The highest BCUT2D eigenvalue weighted by atomic mass is 32.5. The van der Waals surface area contributed by atoms with Crippen LogP contribution in [0.15, 0.2) is 49.6 Å². The van der Waals surface area contributed by atoms with Crippen molar-refractivity contribution in [1.82, 2.24) is 5.06 Å². The summed E-state index contributed by atoms with van der Waals surface area (Å²) in [6.07, 6.45) is 3.09. The quantitative estimate of drug-likeness (QED) is 0.322. The molecule has 1 N–H and O–H groups in total. The number of nitro benzene ring substituents is 1. The summed E-state index contributed by atoms with van der Waals surface area (Å²) < 4.78 is 10.3. The molecule has 0 spiro atoms. The highest BCUT2D eigenvalue weighted by Gasteiger charge is 2.25. The van der Waals surface area contributed by atoms with E-state index in [9.17, 15) is 15.0 Å². The maximum Gasteiger partial charge on any atom is 0.395 e. The van der Waals surface area contributed by atoms with Crippen molar-refractivity contribution in [3.8, 4) is 5.75 Å². The molecule has 0 saturated heterocycles. The van der Waals surface area contributed by atoms with E-state index in [1.54, 1.807) is 12.2 Å². The lowest BCUT2D eigenvalue weighted by atomic mass is 10.3. The molecule has 1 aromatic carbocycles. The van der Waals surface area contributed by atoms with E-state index in [1.165, 1.54) is 29.3 Å². The predicted octanol–water partition coefficient (Wildman–Crippen LogP) is 2.80. The van der Waals surface area contributed by atoms with Gasteiger partial charge in [0.05, 0.1) is 4.92 Å². The van der Waals surface area contributed by atoms with Crippen LogP contribution in [0.4, 0.5) is 5.69 Å². The fraction of sp³-hybridized carbons (Fsp3) is 0.167. The number of para-hydroxylation sites is 2. The number of hydrogen-bond donors (Lipinski definition) is 1. The predicted molar refractivity (Wildman–Crippen MR) is 83.3 cm³/mol. The highest BCUT2D eigenvalue weighted by molar-refractivity contribution is 8.07. The van der Waals surface area contributed by atoms with Gasteiger partial charge in [0.2, 0.25) is 5.75 Å². The summed E-state index contributed by atoms with van der Waals surface area (Å²) >= 11 is 4.87. The molecule has 114 valence electrons. The van der Waals surface area contributed by atoms with Crippen molar-refractivity contribution in [3.63, 3.8) is 0 Å². The van der Waals surface area contributed by atoms with E-state index in [1.807, 2.05) is 0 Å². The van der Waals surface area contributed by atoms with Crippen LogP contribution in [-0.4, -0.2) is 28.0 Å². The standard InChI is InChI=1S/C12H15N2O5PS/c1-3-9-13(10-4-2)19-20(17,21)18-12-8-6-5-7-11(12)14(15)16/h3-8H,1-2,9-10H2,(H,17,21). The topological polar surface area (TPSA) is 85.1 Å². The van der Waals surface area contributed by atoms with Gasteiger partial charge in [-0.1, -0.05) is 24.3 Å². The third kappa shape index (κ3) is 5.74. The fourth-order valence-electron chi connectivity index (χ4n) is 1.40. The van der Waals surface area contributed by atoms with Gasteiger partial charge in [-0.2, -0.15) is 5.06 Å². The van der Waals surface area contributed by atoms with Crippen molar-refractivity contribution in [1.29, 1.82) is 0 Å². The molecule has 0 fully saturated rings. The zero-order valence-corrected chi connectivity index (χ0v) is 12.8. The summed E-state index contributed by atoms with van der Waals surface area (Å²) in [7, 11) is 0. The minimum absolute atomic E-state index is 0.148. The van der Waals surface area contributed by atoms with E-state index in [-0.39, 0.29) is 24.5 Å². The largest absolute Gasteiger partial charge is 0.416 e. The molecule has 0 bridgehead atoms. The molecule has 0 amide bonds. The van der Waals surface area contributed by atoms with Gasteiger partial charge in [-0.05, 0) is 6.07 Å². The van der Waals surface area contributed by atoms with Crippen molar-refractivity contribution >= 4 is 24.2 Å². The van der Waals surface area contributed by atoms with Crippen LogP contribution in [0.25, 0.3) is 0 Å². The van der Waals surface area contributed by atoms with Gasteiger partial charge in [-0.15, -0.1) is 13.2 Å². The van der Waals surface area contributed by atoms with Crippen LogP contribution in [0, 0.1) is 10.1 Å². The number of benzene rings is 1. The first-order valence-electron chi connectivity index (χ1n) is 5.82. The zero-order valence-electron chi connectivity index (χ0n) is 11.1. The molecule has 0 radical (unpaired) electrons. The molecule has 0 aromatic heterocycles. The number of hydrogen-bond acceptors (Lipinski definition) is 6. The van der Waals surface area contributed by atoms with E-state index >= 15 is 0 Å². The molecular weight excluding hydrogens is 315 g/mol. The molecule has 0 aliphatic rings. The lowest BCUT2D eigenvalue weighted by Crippen LogP contribution is -2.24. The Morgan fingerprint density at radius 2 is 1.95 bits per heavy atom. The first kappa shape index (κ1) is 17.5. The van der Waals surface area contributed by atoms with Crippen LogP contribution < -0.4 is 4.52 Å². The van der Waals surface area contributed by atoms with Crippen molar-refractivity contribution < 1.29 is 19.0 Å². The van der Waals surface area contributed by atoms with Crippen molar-refractivity contribution in [2.24, 2.45) is 0 Å². The van der Waals surface area contributed by atoms with E-state index in [2.05, 4.69) is 13.2 Å². The van der Waals surface area contributed by atoms with Crippen LogP contribution in [0.3, 0.4) is 0 Å². The average Bonchev–Trinajstić information content (AvgIpc) is 2.38. The van der Waals surface area contributed by atoms with Gasteiger partial charge < -0.3 is 9.42 Å². The Hall–Kier alpha value is -1.57. The molecule has 1 unspecified atom stereocenters. The third-order valence-electron chi connectivity index (χ3n) is 2.16. The lowest BCUT2D eigenvalue weighted by molar-refractivity contribution is -0.385. The second kappa shape index (κ2) is 8.02. The van der Waals surface area contributed by atoms with E-state index in [0.29, 0.717) is 0 Å². The second-order valence-electron chi connectivity index (χ2n) is 3.79. The summed E-state index contributed by atoms with van der Waals surface area (Å²) in [6.45, 7) is 3.92. The summed E-state index contributed by atoms with van der Waals surface area (Å²) in [6, 6.07) is 5.59. The maximum atomic E-state index is 10.9. The number of hydroxylamine groups is 2. The molecule has 7 nitrogen and oxygen atoms in total. The molecule has 1 atom stereocenters. The van der Waals surface area contributed by atoms with Gasteiger partial charge in [0, 0.05) is 31.0 Å². The molecule has 0 aliphatic carbocycles. The van der Waals surface area contributed by atoms with Crippen molar-refractivity contribution in [2.75, 3.05) is 13.1 Å². The molecule has 1 aromatic rings. The Morgan fingerprint density at radius 3 is 2.48 bits per heavy atom. The van der Waals surface area contributed by atoms with Crippen LogP contribution >= 0.6 is 6.72 Å². The van der Waals surface area contributed by atoms with Gasteiger partial charge in [-0.25, -0.2) is 4.62 Å². The first-order valence-corrected chi connectivity index (χ1v) is 8.41. The van der Waals surface area contributed by atoms with E-state index < -0.39 is 11.6 Å². The molecular formula is C12H15N2O5PS. The monoisotopic (exact) mass is 330 g/mol. The normalized spacial score (nSPS) is 13.4. The Labute approximate surface area is 127 Å². The molecule has 21 heavy (non-hydrogen) atoms. The van der Waals surface area contributed by atoms with Crippen LogP contribution in [0.2, 0.25) is 0 Å².